The number of phenols is 1. The number of phenolic OH excluding ortho intramolecular Hbond substituents is 1. The lowest BCUT2D eigenvalue weighted by Gasteiger charge is -2.39. The summed E-state index contributed by atoms with van der Waals surface area (Å²) in [7, 11) is 1.33. The fraction of sp³-hybridized carbons (Fsp3) is 0.318. The Labute approximate surface area is 186 Å². The van der Waals surface area contributed by atoms with Gasteiger partial charge < -0.3 is 49.3 Å². The number of hydrogen-bond acceptors (Lipinski definition) is 11. The molecule has 3 aromatic rings. The van der Waals surface area contributed by atoms with Crippen molar-refractivity contribution in [1.29, 1.82) is 0 Å². The van der Waals surface area contributed by atoms with Gasteiger partial charge in [-0.3, -0.25) is 4.79 Å². The van der Waals surface area contributed by atoms with Gasteiger partial charge in [-0.2, -0.15) is 0 Å². The van der Waals surface area contributed by atoms with E-state index in [4.69, 9.17) is 18.6 Å². The summed E-state index contributed by atoms with van der Waals surface area (Å²) >= 11 is 0. The van der Waals surface area contributed by atoms with Crippen LogP contribution in [0.5, 0.6) is 23.0 Å². The molecule has 11 nitrogen and oxygen atoms in total. The molecule has 0 bridgehead atoms. The SMILES string of the molecule is COc1cc(-c2oc3cccc(O)c3c(=O)c2O)ccc1O[C@H]1O[C@H](CO)[C@@H](O)[C@H](O)[C@H]1O. The molecule has 0 aliphatic carbocycles. The topological polar surface area (TPSA) is 179 Å². The van der Waals surface area contributed by atoms with Gasteiger partial charge in [0.05, 0.1) is 13.7 Å². The van der Waals surface area contributed by atoms with E-state index in [-0.39, 0.29) is 39.5 Å². The van der Waals surface area contributed by atoms with Crippen LogP contribution in [0.4, 0.5) is 0 Å². The predicted octanol–water partition coefficient (Wildman–Crippen LogP) is 0.0585. The van der Waals surface area contributed by atoms with Gasteiger partial charge in [0.15, 0.2) is 17.3 Å². The van der Waals surface area contributed by atoms with Crippen LogP contribution in [-0.4, -0.2) is 75.1 Å². The molecule has 1 saturated heterocycles. The fourth-order valence-electron chi connectivity index (χ4n) is 3.60. The number of ether oxygens (including phenoxy) is 3. The number of methoxy groups -OCH3 is 1. The molecule has 5 atom stereocenters. The molecule has 0 spiro atoms. The smallest absolute Gasteiger partial charge is 0.238 e. The number of aromatic hydroxyl groups is 2. The zero-order valence-corrected chi connectivity index (χ0v) is 17.3. The van der Waals surface area contributed by atoms with E-state index in [1.165, 1.54) is 43.5 Å². The average Bonchev–Trinajstić information content (AvgIpc) is 2.81. The normalized spacial score (nSPS) is 25.2. The number of rotatable bonds is 5. The van der Waals surface area contributed by atoms with E-state index in [0.717, 1.165) is 0 Å². The Hall–Kier alpha value is -3.35. The maximum absolute atomic E-state index is 12.5. The van der Waals surface area contributed by atoms with Gasteiger partial charge in [-0.05, 0) is 30.3 Å². The summed E-state index contributed by atoms with van der Waals surface area (Å²) < 4.78 is 21.9. The summed E-state index contributed by atoms with van der Waals surface area (Å²) in [5.41, 5.74) is -0.508. The molecule has 2 heterocycles. The second-order valence-corrected chi connectivity index (χ2v) is 7.44. The lowest BCUT2D eigenvalue weighted by molar-refractivity contribution is -0.277. The van der Waals surface area contributed by atoms with Crippen LogP contribution in [0.15, 0.2) is 45.6 Å². The minimum absolute atomic E-state index is 0.0610. The minimum Gasteiger partial charge on any atom is -0.507 e. The van der Waals surface area contributed by atoms with Gasteiger partial charge in [0.1, 0.15) is 41.1 Å². The van der Waals surface area contributed by atoms with Gasteiger partial charge in [-0.1, -0.05) is 6.07 Å². The van der Waals surface area contributed by atoms with E-state index in [1.807, 2.05) is 0 Å². The molecule has 0 saturated carbocycles. The van der Waals surface area contributed by atoms with Crippen LogP contribution in [0, 0.1) is 0 Å². The Morgan fingerprint density at radius 2 is 1.76 bits per heavy atom. The molecule has 4 rings (SSSR count). The molecule has 2 aromatic carbocycles. The standard InChI is InChI=1S/C22H22O11/c1-30-13-7-9(21-19(28)17(26)15-10(24)3-2-4-12(15)31-21)5-6-11(13)32-22-20(29)18(27)16(25)14(8-23)33-22/h2-7,14,16,18,20,22-25,27-29H,8H2,1H3/t14-,16-,18+,20-,22+/m1/s1. The zero-order chi connectivity index (χ0) is 23.9. The average molecular weight is 462 g/mol. The van der Waals surface area contributed by atoms with Gasteiger partial charge in [0.25, 0.3) is 0 Å². The molecule has 0 radical (unpaired) electrons. The summed E-state index contributed by atoms with van der Waals surface area (Å²) in [6.07, 6.45) is -7.37. The van der Waals surface area contributed by atoms with E-state index >= 15 is 0 Å². The number of hydrogen-bond donors (Lipinski definition) is 6. The first-order valence-electron chi connectivity index (χ1n) is 9.90. The number of fused-ring (bicyclic) bond motifs is 1. The zero-order valence-electron chi connectivity index (χ0n) is 17.3. The van der Waals surface area contributed by atoms with Crippen molar-refractivity contribution in [2.24, 2.45) is 0 Å². The summed E-state index contributed by atoms with van der Waals surface area (Å²) in [5, 5.41) is 59.5. The van der Waals surface area contributed by atoms with Crippen molar-refractivity contribution >= 4 is 11.0 Å². The van der Waals surface area contributed by atoms with Crippen molar-refractivity contribution in [3.05, 3.63) is 46.6 Å². The minimum atomic E-state index is -1.62. The van der Waals surface area contributed by atoms with E-state index in [9.17, 15) is 35.4 Å². The van der Waals surface area contributed by atoms with Gasteiger partial charge in [-0.25, -0.2) is 0 Å². The maximum atomic E-state index is 12.5. The fourth-order valence-corrected chi connectivity index (χ4v) is 3.60. The van der Waals surface area contributed by atoms with E-state index < -0.39 is 48.5 Å². The van der Waals surface area contributed by atoms with Crippen LogP contribution in [-0.2, 0) is 4.74 Å². The molecule has 11 heteroatoms. The summed E-state index contributed by atoms with van der Waals surface area (Å²) in [4.78, 5) is 12.5. The highest BCUT2D eigenvalue weighted by molar-refractivity contribution is 5.87. The highest BCUT2D eigenvalue weighted by Crippen LogP contribution is 2.38. The third-order valence-corrected chi connectivity index (χ3v) is 5.39. The van der Waals surface area contributed by atoms with Crippen LogP contribution >= 0.6 is 0 Å². The number of aliphatic hydroxyl groups excluding tert-OH is 4. The highest BCUT2D eigenvalue weighted by Gasteiger charge is 2.45. The predicted molar refractivity (Wildman–Crippen MR) is 112 cm³/mol. The molecule has 1 fully saturated rings. The Bertz CT molecular complexity index is 1220. The van der Waals surface area contributed by atoms with Crippen molar-refractivity contribution in [2.45, 2.75) is 30.7 Å². The number of benzene rings is 2. The first-order valence-corrected chi connectivity index (χ1v) is 9.90. The molecule has 1 aliphatic heterocycles. The molecular weight excluding hydrogens is 440 g/mol. The van der Waals surface area contributed by atoms with Crippen LogP contribution in [0.2, 0.25) is 0 Å². The first kappa shape index (κ1) is 22.8. The van der Waals surface area contributed by atoms with Gasteiger partial charge in [0, 0.05) is 5.56 Å². The Morgan fingerprint density at radius 3 is 2.45 bits per heavy atom. The summed E-state index contributed by atoms with van der Waals surface area (Å²) in [5.74, 6) is -1.05. The third kappa shape index (κ3) is 3.96. The molecule has 33 heavy (non-hydrogen) atoms. The van der Waals surface area contributed by atoms with Crippen LogP contribution in [0.3, 0.4) is 0 Å². The van der Waals surface area contributed by atoms with Gasteiger partial charge in [-0.15, -0.1) is 0 Å². The van der Waals surface area contributed by atoms with Crippen molar-refractivity contribution in [1.82, 2.24) is 0 Å². The van der Waals surface area contributed by atoms with Crippen LogP contribution in [0.1, 0.15) is 0 Å². The van der Waals surface area contributed by atoms with Crippen molar-refractivity contribution in [3.63, 3.8) is 0 Å². The van der Waals surface area contributed by atoms with Crippen LogP contribution < -0.4 is 14.9 Å². The quantitative estimate of drug-likeness (QED) is 0.302. The largest absolute Gasteiger partial charge is 0.507 e. The molecule has 176 valence electrons. The molecule has 6 N–H and O–H groups in total. The molecule has 0 amide bonds. The lowest BCUT2D eigenvalue weighted by Crippen LogP contribution is -2.60. The van der Waals surface area contributed by atoms with Gasteiger partial charge in [0.2, 0.25) is 17.5 Å². The Balaban J connectivity index is 1.70. The highest BCUT2D eigenvalue weighted by atomic mass is 16.7. The molecule has 0 unspecified atom stereocenters. The maximum Gasteiger partial charge on any atom is 0.238 e. The molecule has 1 aromatic heterocycles. The Kier molecular flexibility index (Phi) is 6.15. The summed E-state index contributed by atoms with van der Waals surface area (Å²) in [6.45, 7) is -0.614. The van der Waals surface area contributed by atoms with Crippen molar-refractivity contribution < 1.29 is 49.3 Å². The third-order valence-electron chi connectivity index (χ3n) is 5.39. The van der Waals surface area contributed by atoms with Crippen molar-refractivity contribution in [3.8, 4) is 34.3 Å². The van der Waals surface area contributed by atoms with E-state index in [1.54, 1.807) is 0 Å². The van der Waals surface area contributed by atoms with Gasteiger partial charge >= 0.3 is 0 Å². The lowest BCUT2D eigenvalue weighted by atomic mass is 9.99. The van der Waals surface area contributed by atoms with E-state index in [0.29, 0.717) is 0 Å². The first-order chi connectivity index (χ1) is 15.8. The van der Waals surface area contributed by atoms with Crippen molar-refractivity contribution in [2.75, 3.05) is 13.7 Å². The second kappa shape index (κ2) is 8.89. The summed E-state index contributed by atoms with van der Waals surface area (Å²) in [6, 6.07) is 8.47. The van der Waals surface area contributed by atoms with E-state index in [2.05, 4.69) is 0 Å². The molecular formula is C22H22O11. The molecule has 1 aliphatic rings. The second-order valence-electron chi connectivity index (χ2n) is 7.44. The number of aliphatic hydroxyl groups is 4. The van der Waals surface area contributed by atoms with Crippen LogP contribution in [0.25, 0.3) is 22.3 Å². The Morgan fingerprint density at radius 1 is 1.00 bits per heavy atom. The monoisotopic (exact) mass is 462 g/mol.